The van der Waals surface area contributed by atoms with E-state index < -0.39 is 0 Å². The molecule has 0 aromatic heterocycles. The van der Waals surface area contributed by atoms with Gasteiger partial charge in [0.25, 0.3) is 0 Å². The number of hydrogen-bond donors (Lipinski definition) is 3. The van der Waals surface area contributed by atoms with Crippen LogP contribution in [0.3, 0.4) is 0 Å². The van der Waals surface area contributed by atoms with Crippen LogP contribution in [0.25, 0.3) is 0 Å². The number of likely N-dealkylation sites (tertiary alicyclic amines) is 2. The summed E-state index contributed by atoms with van der Waals surface area (Å²) < 4.78 is 5.52. The van der Waals surface area contributed by atoms with Gasteiger partial charge in [-0.3, -0.25) is 9.89 Å². The fourth-order valence-electron chi connectivity index (χ4n) is 5.02. The SMILES string of the molecule is CN=C(NCc1ccc(CN2CCC(O)CC2)cc1)NC1CCN(CC2CCOC2)CC1.I. The summed E-state index contributed by atoms with van der Waals surface area (Å²) >= 11 is 0. The molecule has 1 atom stereocenters. The third-order valence-electron chi connectivity index (χ3n) is 7.14. The zero-order valence-electron chi connectivity index (χ0n) is 20.0. The Bertz CT molecular complexity index is 710. The molecule has 1 aromatic rings. The molecule has 0 bridgehead atoms. The fourth-order valence-corrected chi connectivity index (χ4v) is 5.02. The second-order valence-corrected chi connectivity index (χ2v) is 9.70. The van der Waals surface area contributed by atoms with Gasteiger partial charge in [-0.15, -0.1) is 24.0 Å². The topological polar surface area (TPSA) is 72.4 Å². The molecule has 1 unspecified atom stereocenters. The Morgan fingerprint density at radius 3 is 2.30 bits per heavy atom. The summed E-state index contributed by atoms with van der Waals surface area (Å²) in [6.07, 6.45) is 5.22. The van der Waals surface area contributed by atoms with Crippen LogP contribution in [0.4, 0.5) is 0 Å². The van der Waals surface area contributed by atoms with E-state index in [1.165, 1.54) is 24.1 Å². The molecule has 3 heterocycles. The average Bonchev–Trinajstić information content (AvgIpc) is 3.33. The number of ether oxygens (including phenoxy) is 1. The maximum absolute atomic E-state index is 9.67. The van der Waals surface area contributed by atoms with Crippen LogP contribution in [0.5, 0.6) is 0 Å². The molecule has 3 aliphatic rings. The first-order chi connectivity index (χ1) is 15.7. The highest BCUT2D eigenvalue weighted by atomic mass is 127. The van der Waals surface area contributed by atoms with Gasteiger partial charge in [-0.2, -0.15) is 0 Å². The van der Waals surface area contributed by atoms with Crippen molar-refractivity contribution in [2.45, 2.75) is 57.3 Å². The number of piperidine rings is 2. The molecule has 3 N–H and O–H groups in total. The Morgan fingerprint density at radius 1 is 1.00 bits per heavy atom. The van der Waals surface area contributed by atoms with Gasteiger partial charge in [0.1, 0.15) is 0 Å². The lowest BCUT2D eigenvalue weighted by Gasteiger charge is -2.34. The minimum absolute atomic E-state index is 0. The van der Waals surface area contributed by atoms with Crippen LogP contribution >= 0.6 is 24.0 Å². The number of rotatable bonds is 7. The lowest BCUT2D eigenvalue weighted by Crippen LogP contribution is -2.49. The van der Waals surface area contributed by atoms with E-state index in [1.54, 1.807) is 0 Å². The maximum atomic E-state index is 9.67. The zero-order valence-corrected chi connectivity index (χ0v) is 22.4. The third kappa shape index (κ3) is 8.65. The summed E-state index contributed by atoms with van der Waals surface area (Å²) in [4.78, 5) is 9.47. The van der Waals surface area contributed by atoms with Crippen molar-refractivity contribution in [2.75, 3.05) is 53.0 Å². The van der Waals surface area contributed by atoms with Crippen LogP contribution in [0.2, 0.25) is 0 Å². The summed E-state index contributed by atoms with van der Waals surface area (Å²) in [6, 6.07) is 9.36. The monoisotopic (exact) mass is 571 g/mol. The molecule has 0 saturated carbocycles. The van der Waals surface area contributed by atoms with Gasteiger partial charge in [0, 0.05) is 65.5 Å². The number of benzene rings is 1. The van der Waals surface area contributed by atoms with E-state index in [2.05, 4.69) is 49.7 Å². The van der Waals surface area contributed by atoms with Crippen LogP contribution in [-0.4, -0.2) is 86.0 Å². The summed E-state index contributed by atoms with van der Waals surface area (Å²) in [7, 11) is 1.85. The molecule has 3 saturated heterocycles. The lowest BCUT2D eigenvalue weighted by atomic mass is 10.0. The molecule has 0 aliphatic carbocycles. The average molecular weight is 572 g/mol. The number of aliphatic imine (C=N–C) groups is 1. The Morgan fingerprint density at radius 2 is 1.67 bits per heavy atom. The first kappa shape index (κ1) is 26.7. The predicted molar refractivity (Wildman–Crippen MR) is 144 cm³/mol. The summed E-state index contributed by atoms with van der Waals surface area (Å²) in [5.41, 5.74) is 2.60. The molecule has 8 heteroatoms. The van der Waals surface area contributed by atoms with Crippen LogP contribution in [0, 0.1) is 5.92 Å². The molecule has 33 heavy (non-hydrogen) atoms. The number of nitrogens with one attached hydrogen (secondary N) is 2. The first-order valence-electron chi connectivity index (χ1n) is 12.4. The van der Waals surface area contributed by atoms with Gasteiger partial charge in [0.15, 0.2) is 5.96 Å². The number of nitrogens with zero attached hydrogens (tertiary/aromatic N) is 3. The molecule has 4 rings (SSSR count). The van der Waals surface area contributed by atoms with E-state index in [0.29, 0.717) is 6.04 Å². The smallest absolute Gasteiger partial charge is 0.191 e. The normalized spacial score (nSPS) is 23.9. The van der Waals surface area contributed by atoms with Gasteiger partial charge in [0.05, 0.1) is 12.7 Å². The summed E-state index contributed by atoms with van der Waals surface area (Å²) in [6.45, 7) is 9.10. The highest BCUT2D eigenvalue weighted by Gasteiger charge is 2.24. The van der Waals surface area contributed by atoms with Gasteiger partial charge >= 0.3 is 0 Å². The highest BCUT2D eigenvalue weighted by molar-refractivity contribution is 14.0. The van der Waals surface area contributed by atoms with Gasteiger partial charge in [0.2, 0.25) is 0 Å². The van der Waals surface area contributed by atoms with Crippen molar-refractivity contribution in [2.24, 2.45) is 10.9 Å². The Kier molecular flexibility index (Phi) is 11.2. The molecule has 7 nitrogen and oxygen atoms in total. The van der Waals surface area contributed by atoms with Gasteiger partial charge in [-0.25, -0.2) is 0 Å². The van der Waals surface area contributed by atoms with Crippen LogP contribution in [0.1, 0.15) is 43.2 Å². The summed E-state index contributed by atoms with van der Waals surface area (Å²) in [5, 5.41) is 16.8. The minimum Gasteiger partial charge on any atom is -0.393 e. The van der Waals surface area contributed by atoms with Crippen LogP contribution in [-0.2, 0) is 17.8 Å². The number of guanidine groups is 1. The summed E-state index contributed by atoms with van der Waals surface area (Å²) in [5.74, 6) is 1.62. The largest absolute Gasteiger partial charge is 0.393 e. The van der Waals surface area contributed by atoms with Crippen molar-refractivity contribution in [1.82, 2.24) is 20.4 Å². The fraction of sp³-hybridized carbons (Fsp3) is 0.720. The molecular weight excluding hydrogens is 529 g/mol. The van der Waals surface area contributed by atoms with Crippen molar-refractivity contribution in [3.63, 3.8) is 0 Å². The molecule has 3 aliphatic heterocycles. The van der Waals surface area contributed by atoms with Crippen molar-refractivity contribution in [3.8, 4) is 0 Å². The van der Waals surface area contributed by atoms with E-state index in [1.807, 2.05) is 7.05 Å². The Hall–Kier alpha value is -0.940. The molecule has 0 spiro atoms. The molecule has 0 amide bonds. The van der Waals surface area contributed by atoms with Crippen molar-refractivity contribution in [1.29, 1.82) is 0 Å². The quantitative estimate of drug-likeness (QED) is 0.266. The highest BCUT2D eigenvalue weighted by Crippen LogP contribution is 2.18. The van der Waals surface area contributed by atoms with Crippen molar-refractivity contribution >= 4 is 29.9 Å². The second-order valence-electron chi connectivity index (χ2n) is 9.70. The van der Waals surface area contributed by atoms with Crippen molar-refractivity contribution < 1.29 is 9.84 Å². The van der Waals surface area contributed by atoms with E-state index in [-0.39, 0.29) is 30.1 Å². The van der Waals surface area contributed by atoms with Gasteiger partial charge in [-0.05, 0) is 49.1 Å². The molecular formula is C25H42IN5O2. The number of halogens is 1. The minimum atomic E-state index is -0.109. The van der Waals surface area contributed by atoms with Crippen LogP contribution in [0.15, 0.2) is 29.3 Å². The van der Waals surface area contributed by atoms with Crippen LogP contribution < -0.4 is 10.6 Å². The number of aliphatic hydroxyl groups excluding tert-OH is 1. The second kappa shape index (κ2) is 13.8. The number of hydrogen-bond acceptors (Lipinski definition) is 5. The standard InChI is InChI=1S/C25H41N5O2.HI/c1-26-25(28-23-6-11-29(12-7-23)18-22-10-15-32-19-22)27-16-20-2-4-21(5-3-20)17-30-13-8-24(31)9-14-30;/h2-5,22-24,31H,6-19H2,1H3,(H2,26,27,28);1H. The van der Waals surface area contributed by atoms with Crippen molar-refractivity contribution in [3.05, 3.63) is 35.4 Å². The van der Waals surface area contributed by atoms with E-state index in [0.717, 1.165) is 90.0 Å². The number of aliphatic hydroxyl groups is 1. The van der Waals surface area contributed by atoms with Gasteiger partial charge in [-0.1, -0.05) is 24.3 Å². The molecule has 0 radical (unpaired) electrons. The van der Waals surface area contributed by atoms with E-state index >= 15 is 0 Å². The zero-order chi connectivity index (χ0) is 22.2. The maximum Gasteiger partial charge on any atom is 0.191 e. The Balaban J connectivity index is 0.00000306. The third-order valence-corrected chi connectivity index (χ3v) is 7.14. The molecule has 3 fully saturated rings. The van der Waals surface area contributed by atoms with Gasteiger partial charge < -0.3 is 25.4 Å². The molecule has 1 aromatic carbocycles. The Labute approximate surface area is 216 Å². The van der Waals surface area contributed by atoms with E-state index in [9.17, 15) is 5.11 Å². The molecule has 186 valence electrons. The first-order valence-corrected chi connectivity index (χ1v) is 12.4. The lowest BCUT2D eigenvalue weighted by molar-refractivity contribution is 0.0792. The van der Waals surface area contributed by atoms with E-state index in [4.69, 9.17) is 4.74 Å². The predicted octanol–water partition coefficient (Wildman–Crippen LogP) is 2.43.